The van der Waals surface area contributed by atoms with Gasteiger partial charge in [0.1, 0.15) is 5.03 Å². The van der Waals surface area contributed by atoms with Crippen molar-refractivity contribution in [2.75, 3.05) is 5.73 Å². The topological polar surface area (TPSA) is 43.8 Å². The first kappa shape index (κ1) is 13.0. The normalized spacial score (nSPS) is 11.2. The number of nitrogens with two attached hydrogens (primary N) is 1. The van der Waals surface area contributed by atoms with Gasteiger partial charge in [-0.2, -0.15) is 5.10 Å². The number of benzene rings is 1. The van der Waals surface area contributed by atoms with E-state index < -0.39 is 0 Å². The highest BCUT2D eigenvalue weighted by Crippen LogP contribution is 2.35. The van der Waals surface area contributed by atoms with Gasteiger partial charge in [0.05, 0.1) is 11.4 Å². The summed E-state index contributed by atoms with van der Waals surface area (Å²) in [5.41, 5.74) is 9.23. The molecule has 0 fully saturated rings. The molecule has 0 radical (unpaired) electrons. The van der Waals surface area contributed by atoms with Crippen molar-refractivity contribution in [2.45, 2.75) is 36.6 Å². The third kappa shape index (κ3) is 2.53. The molecule has 0 aliphatic rings. The van der Waals surface area contributed by atoms with Crippen LogP contribution >= 0.6 is 11.8 Å². The minimum Gasteiger partial charge on any atom is -0.395 e. The largest absolute Gasteiger partial charge is 0.395 e. The molecule has 1 aromatic heterocycles. The van der Waals surface area contributed by atoms with Crippen LogP contribution in [0.25, 0.3) is 0 Å². The predicted octanol–water partition coefficient (Wildman–Crippen LogP) is 3.59. The summed E-state index contributed by atoms with van der Waals surface area (Å²) in [6, 6.07) is 8.44. The average molecular weight is 261 g/mol. The van der Waals surface area contributed by atoms with Crippen molar-refractivity contribution in [1.82, 2.24) is 9.78 Å². The number of hydrogen-bond donors (Lipinski definition) is 1. The summed E-state index contributed by atoms with van der Waals surface area (Å²) in [6.07, 6.45) is 0. The smallest absolute Gasteiger partial charge is 0.122 e. The molecule has 18 heavy (non-hydrogen) atoms. The highest BCUT2D eigenvalue weighted by molar-refractivity contribution is 7.99. The van der Waals surface area contributed by atoms with Crippen LogP contribution < -0.4 is 5.73 Å². The van der Waals surface area contributed by atoms with E-state index >= 15 is 0 Å². The molecular formula is C14H19N3S. The Balaban J connectivity index is 2.32. The van der Waals surface area contributed by atoms with E-state index in [4.69, 9.17) is 5.73 Å². The second-order valence-electron chi connectivity index (χ2n) is 4.80. The number of nitrogens with zero attached hydrogens (tertiary/aromatic N) is 2. The fraction of sp³-hybridized carbons (Fsp3) is 0.357. The first-order valence-electron chi connectivity index (χ1n) is 6.06. The van der Waals surface area contributed by atoms with E-state index in [1.165, 1.54) is 10.5 Å². The van der Waals surface area contributed by atoms with E-state index in [0.717, 1.165) is 16.4 Å². The van der Waals surface area contributed by atoms with Crippen molar-refractivity contribution in [1.29, 1.82) is 0 Å². The van der Waals surface area contributed by atoms with E-state index in [2.05, 4.69) is 50.1 Å². The van der Waals surface area contributed by atoms with Crippen LogP contribution in [0.4, 0.5) is 5.69 Å². The molecule has 1 heterocycles. The molecule has 0 saturated carbocycles. The fourth-order valence-electron chi connectivity index (χ4n) is 1.81. The molecule has 0 spiro atoms. The molecule has 2 N–H and O–H groups in total. The fourth-order valence-corrected chi connectivity index (χ4v) is 2.69. The van der Waals surface area contributed by atoms with E-state index in [9.17, 15) is 0 Å². The monoisotopic (exact) mass is 261 g/mol. The van der Waals surface area contributed by atoms with Gasteiger partial charge in [0, 0.05) is 11.9 Å². The Hall–Kier alpha value is -1.42. The van der Waals surface area contributed by atoms with Crippen molar-refractivity contribution in [3.63, 3.8) is 0 Å². The first-order chi connectivity index (χ1) is 8.49. The van der Waals surface area contributed by atoms with E-state index in [1.54, 1.807) is 11.8 Å². The zero-order valence-electron chi connectivity index (χ0n) is 11.3. The molecule has 1 aromatic carbocycles. The maximum absolute atomic E-state index is 6.18. The summed E-state index contributed by atoms with van der Waals surface area (Å²) >= 11 is 1.66. The maximum Gasteiger partial charge on any atom is 0.122 e. The number of nitrogen functional groups attached to an aromatic ring is 1. The Morgan fingerprint density at radius 2 is 1.83 bits per heavy atom. The van der Waals surface area contributed by atoms with Gasteiger partial charge in [0.2, 0.25) is 0 Å². The summed E-state index contributed by atoms with van der Waals surface area (Å²) in [5, 5.41) is 5.51. The van der Waals surface area contributed by atoms with Crippen molar-refractivity contribution in [3.8, 4) is 0 Å². The zero-order chi connectivity index (χ0) is 13.3. The molecule has 0 aliphatic heterocycles. The Morgan fingerprint density at radius 1 is 1.22 bits per heavy atom. The third-order valence-electron chi connectivity index (χ3n) is 2.84. The zero-order valence-corrected chi connectivity index (χ0v) is 12.1. The van der Waals surface area contributed by atoms with Crippen LogP contribution in [0.2, 0.25) is 0 Å². The van der Waals surface area contributed by atoms with Gasteiger partial charge >= 0.3 is 0 Å². The van der Waals surface area contributed by atoms with Crippen LogP contribution in [0.5, 0.6) is 0 Å². The molecule has 3 nitrogen and oxygen atoms in total. The van der Waals surface area contributed by atoms with Gasteiger partial charge in [-0.1, -0.05) is 43.3 Å². The van der Waals surface area contributed by atoms with Gasteiger partial charge in [-0.25, -0.2) is 0 Å². The molecule has 0 unspecified atom stereocenters. The SMILES string of the molecule is Cc1ccc(Sc2c(N)c(C(C)C)nn2C)cc1. The molecule has 0 amide bonds. The standard InChI is InChI=1S/C14H19N3S/c1-9(2)13-12(15)14(17(4)16-13)18-11-7-5-10(3)6-8-11/h5-9H,15H2,1-4H3. The molecule has 96 valence electrons. The summed E-state index contributed by atoms with van der Waals surface area (Å²) in [7, 11) is 1.94. The molecule has 0 bridgehead atoms. The lowest BCUT2D eigenvalue weighted by Crippen LogP contribution is -1.94. The van der Waals surface area contributed by atoms with Crippen molar-refractivity contribution in [3.05, 3.63) is 35.5 Å². The number of aromatic nitrogens is 2. The molecule has 2 aromatic rings. The summed E-state index contributed by atoms with van der Waals surface area (Å²) in [6.45, 7) is 6.31. The van der Waals surface area contributed by atoms with Crippen LogP contribution in [-0.2, 0) is 7.05 Å². The van der Waals surface area contributed by atoms with Gasteiger partial charge < -0.3 is 5.73 Å². The van der Waals surface area contributed by atoms with Crippen LogP contribution in [0, 0.1) is 6.92 Å². The molecule has 0 atom stereocenters. The summed E-state index contributed by atoms with van der Waals surface area (Å²) in [5.74, 6) is 0.351. The average Bonchev–Trinajstić information content (AvgIpc) is 2.60. The lowest BCUT2D eigenvalue weighted by molar-refractivity contribution is 0.671. The van der Waals surface area contributed by atoms with Gasteiger partial charge in [0.15, 0.2) is 0 Å². The van der Waals surface area contributed by atoms with E-state index in [0.29, 0.717) is 5.92 Å². The van der Waals surface area contributed by atoms with Crippen LogP contribution in [0.15, 0.2) is 34.2 Å². The highest BCUT2D eigenvalue weighted by Gasteiger charge is 2.16. The summed E-state index contributed by atoms with van der Waals surface area (Å²) in [4.78, 5) is 1.19. The summed E-state index contributed by atoms with van der Waals surface area (Å²) < 4.78 is 1.87. The Labute approximate surface area is 112 Å². The van der Waals surface area contributed by atoms with Gasteiger partial charge in [-0.15, -0.1) is 0 Å². The second kappa shape index (κ2) is 5.06. The van der Waals surface area contributed by atoms with Crippen molar-refractivity contribution in [2.24, 2.45) is 7.05 Å². The molecule has 4 heteroatoms. The van der Waals surface area contributed by atoms with Crippen LogP contribution in [-0.4, -0.2) is 9.78 Å². The third-order valence-corrected chi connectivity index (χ3v) is 4.03. The number of hydrogen-bond acceptors (Lipinski definition) is 3. The molecule has 2 rings (SSSR count). The minimum atomic E-state index is 0.351. The Morgan fingerprint density at radius 3 is 2.33 bits per heavy atom. The molecule has 0 saturated heterocycles. The number of anilines is 1. The lowest BCUT2D eigenvalue weighted by Gasteiger charge is -2.04. The maximum atomic E-state index is 6.18. The van der Waals surface area contributed by atoms with E-state index in [1.807, 2.05) is 11.7 Å². The van der Waals surface area contributed by atoms with Crippen LogP contribution in [0.1, 0.15) is 31.0 Å². The Kier molecular flexibility index (Phi) is 3.66. The first-order valence-corrected chi connectivity index (χ1v) is 6.87. The van der Waals surface area contributed by atoms with Gasteiger partial charge in [-0.3, -0.25) is 4.68 Å². The molecule has 0 aliphatic carbocycles. The van der Waals surface area contributed by atoms with Gasteiger partial charge in [-0.05, 0) is 25.0 Å². The minimum absolute atomic E-state index is 0.351. The second-order valence-corrected chi connectivity index (χ2v) is 5.86. The van der Waals surface area contributed by atoms with E-state index in [-0.39, 0.29) is 0 Å². The predicted molar refractivity (Wildman–Crippen MR) is 77.0 cm³/mol. The number of rotatable bonds is 3. The lowest BCUT2D eigenvalue weighted by atomic mass is 10.1. The quantitative estimate of drug-likeness (QED) is 0.918. The highest BCUT2D eigenvalue weighted by atomic mass is 32.2. The van der Waals surface area contributed by atoms with Gasteiger partial charge in [0.25, 0.3) is 0 Å². The molecular weight excluding hydrogens is 242 g/mol. The Bertz CT molecular complexity index is 541. The number of aryl methyl sites for hydroxylation is 2. The van der Waals surface area contributed by atoms with Crippen molar-refractivity contribution < 1.29 is 0 Å². The van der Waals surface area contributed by atoms with Crippen molar-refractivity contribution >= 4 is 17.4 Å². The van der Waals surface area contributed by atoms with Crippen LogP contribution in [0.3, 0.4) is 0 Å².